The number of hydrogen-bond donors (Lipinski definition) is 1. The van der Waals surface area contributed by atoms with E-state index in [1.54, 1.807) is 17.4 Å². The van der Waals surface area contributed by atoms with Crippen LogP contribution < -0.4 is 22.4 Å². The van der Waals surface area contributed by atoms with Gasteiger partial charge in [-0.05, 0) is 51.4 Å². The van der Waals surface area contributed by atoms with E-state index in [1.165, 1.54) is 0 Å². The van der Waals surface area contributed by atoms with Crippen molar-refractivity contribution in [2.75, 3.05) is 5.32 Å². The number of aromatic nitrogens is 2. The Hall–Kier alpha value is -4.32. The van der Waals surface area contributed by atoms with Crippen molar-refractivity contribution in [2.45, 2.75) is 0 Å². The number of rotatable bonds is 8. The van der Waals surface area contributed by atoms with Gasteiger partial charge in [0, 0.05) is 34.6 Å². The molecular formula is C31H24ClN3OS. The van der Waals surface area contributed by atoms with Crippen LogP contribution in [0.15, 0.2) is 121 Å². The molecule has 5 aromatic rings. The van der Waals surface area contributed by atoms with Gasteiger partial charge in [0.2, 0.25) is 5.69 Å². The van der Waals surface area contributed by atoms with Crippen LogP contribution in [0.1, 0.15) is 26.5 Å². The zero-order valence-corrected chi connectivity index (χ0v) is 21.4. The number of para-hydroxylation sites is 2. The average Bonchev–Trinajstić information content (AvgIpc) is 3.35. The predicted octanol–water partition coefficient (Wildman–Crippen LogP) is 4.23. The number of ketones is 1. The molecule has 0 saturated carbocycles. The number of allylic oxidation sites excluding steroid dienone is 1. The number of benzene rings is 4. The van der Waals surface area contributed by atoms with Crippen molar-refractivity contribution in [3.8, 4) is 5.69 Å². The summed E-state index contributed by atoms with van der Waals surface area (Å²) in [5.74, 6) is -0.0182. The quantitative estimate of drug-likeness (QED) is 0.189. The van der Waals surface area contributed by atoms with Gasteiger partial charge in [0.05, 0.1) is 0 Å². The highest BCUT2D eigenvalue weighted by Gasteiger charge is 2.20. The Labute approximate surface area is 226 Å². The van der Waals surface area contributed by atoms with E-state index in [9.17, 15) is 4.79 Å². The fourth-order valence-corrected chi connectivity index (χ4v) is 4.47. The van der Waals surface area contributed by atoms with Crippen LogP contribution in [-0.2, 0) is 0 Å². The summed E-state index contributed by atoms with van der Waals surface area (Å²) in [6.07, 6.45) is 7.53. The van der Waals surface area contributed by atoms with Gasteiger partial charge >= 0.3 is 0 Å². The lowest BCUT2D eigenvalue weighted by atomic mass is 10.1. The predicted molar refractivity (Wildman–Crippen MR) is 149 cm³/mol. The smallest absolute Gasteiger partial charge is 0.297 e. The monoisotopic (exact) mass is 521 g/mol. The van der Waals surface area contributed by atoms with Crippen LogP contribution in [0.5, 0.6) is 0 Å². The van der Waals surface area contributed by atoms with Crippen molar-refractivity contribution in [3.63, 3.8) is 0 Å². The van der Waals surface area contributed by atoms with Crippen LogP contribution >= 0.6 is 11.3 Å². The highest BCUT2D eigenvalue weighted by Crippen LogP contribution is 2.22. The minimum Gasteiger partial charge on any atom is -1.00 e. The fourth-order valence-electron chi connectivity index (χ4n) is 3.62. The van der Waals surface area contributed by atoms with Crippen LogP contribution in [0.4, 0.5) is 10.8 Å². The first kappa shape index (κ1) is 25.8. The van der Waals surface area contributed by atoms with E-state index >= 15 is 0 Å². The third-order valence-corrected chi connectivity index (χ3v) is 6.36. The van der Waals surface area contributed by atoms with Crippen molar-refractivity contribution in [1.82, 2.24) is 5.10 Å². The van der Waals surface area contributed by atoms with Gasteiger partial charge in [-0.3, -0.25) is 4.79 Å². The van der Waals surface area contributed by atoms with Crippen molar-refractivity contribution in [1.29, 1.82) is 0 Å². The van der Waals surface area contributed by atoms with Gasteiger partial charge in [-0.25, -0.2) is 0 Å². The highest BCUT2D eigenvalue weighted by molar-refractivity contribution is 7.15. The molecule has 0 radical (unpaired) electrons. The molecule has 0 aliphatic rings. The Balaban J connectivity index is 0.00000320. The third kappa shape index (κ3) is 6.88. The topological polar surface area (TPSA) is 45.9 Å². The first-order valence-electron chi connectivity index (χ1n) is 11.6. The summed E-state index contributed by atoms with van der Waals surface area (Å²) in [5.41, 5.74) is 4.64. The first-order valence-corrected chi connectivity index (χ1v) is 12.4. The molecule has 0 fully saturated rings. The molecule has 5 rings (SSSR count). The molecule has 1 N–H and O–H groups in total. The molecule has 4 nitrogen and oxygen atoms in total. The molecule has 0 spiro atoms. The fraction of sp³-hybridized carbons (Fsp3) is 0. The molecule has 0 aliphatic carbocycles. The molecule has 37 heavy (non-hydrogen) atoms. The molecule has 0 unspecified atom stereocenters. The Kier molecular flexibility index (Phi) is 8.76. The van der Waals surface area contributed by atoms with Gasteiger partial charge in [-0.2, -0.15) is 0 Å². The Morgan fingerprint density at radius 3 is 1.97 bits per heavy atom. The van der Waals surface area contributed by atoms with Crippen molar-refractivity contribution in [3.05, 3.63) is 143 Å². The zero-order chi connectivity index (χ0) is 24.6. The summed E-state index contributed by atoms with van der Waals surface area (Å²) in [4.78, 5) is 12.5. The van der Waals surface area contributed by atoms with E-state index < -0.39 is 0 Å². The second kappa shape index (κ2) is 12.6. The molecule has 0 atom stereocenters. The maximum absolute atomic E-state index is 12.5. The summed E-state index contributed by atoms with van der Waals surface area (Å²) < 4.78 is 1.93. The number of anilines is 2. The van der Waals surface area contributed by atoms with E-state index in [0.29, 0.717) is 5.56 Å². The van der Waals surface area contributed by atoms with E-state index in [1.807, 2.05) is 138 Å². The molecule has 0 bridgehead atoms. The standard InChI is InChI=1S/C31H23N3OS.ClH/c35-29(22-18-24-10-4-1-5-11-24)26-20-16-25(17-21-26)19-23-30-34(28-14-8-3-9-15-28)33-31(36-30)32-27-12-6-2-7-13-27;/h1-23H;1H/b22-18+;. The molecule has 1 heterocycles. The van der Waals surface area contributed by atoms with Crippen LogP contribution in [0.2, 0.25) is 0 Å². The van der Waals surface area contributed by atoms with Crippen LogP contribution in [0.3, 0.4) is 0 Å². The number of nitrogens with one attached hydrogen (secondary N) is 1. The van der Waals surface area contributed by atoms with E-state index in [-0.39, 0.29) is 18.2 Å². The normalized spacial score (nSPS) is 10.9. The SMILES string of the molecule is O=C(/C=C/c1ccccc1)c1ccc(/C=C/c2sc(Nc3ccccc3)n[n+]2-c2ccccc2)cc1.[Cl-]. The zero-order valence-electron chi connectivity index (χ0n) is 19.9. The summed E-state index contributed by atoms with van der Waals surface area (Å²) in [6, 6.07) is 37.5. The molecule has 6 heteroatoms. The van der Waals surface area contributed by atoms with Gasteiger partial charge in [-0.15, -0.1) is 0 Å². The largest absolute Gasteiger partial charge is 1.00 e. The summed E-state index contributed by atoms with van der Waals surface area (Å²) in [5, 5.41) is 9.96. The summed E-state index contributed by atoms with van der Waals surface area (Å²) in [6.45, 7) is 0. The highest BCUT2D eigenvalue weighted by atomic mass is 35.5. The molecule has 0 amide bonds. The lowest BCUT2D eigenvalue weighted by Gasteiger charge is -1.98. The molecule has 0 aliphatic heterocycles. The Bertz CT molecular complexity index is 1500. The number of carbonyl (C=O) groups is 1. The second-order valence-electron chi connectivity index (χ2n) is 8.05. The first-order chi connectivity index (χ1) is 17.7. The van der Waals surface area contributed by atoms with Gasteiger partial charge in [0.15, 0.2) is 5.78 Å². The number of carbonyl (C=O) groups excluding carboxylic acids is 1. The minimum atomic E-state index is -0.0182. The van der Waals surface area contributed by atoms with Crippen molar-refractivity contribution in [2.24, 2.45) is 0 Å². The van der Waals surface area contributed by atoms with Crippen molar-refractivity contribution < 1.29 is 21.9 Å². The summed E-state index contributed by atoms with van der Waals surface area (Å²) >= 11 is 1.57. The lowest BCUT2D eigenvalue weighted by Crippen LogP contribution is -3.00. The number of hydrogen-bond acceptors (Lipinski definition) is 4. The number of nitrogens with zero attached hydrogens (tertiary/aromatic N) is 2. The van der Waals surface area contributed by atoms with E-state index in [4.69, 9.17) is 5.10 Å². The second-order valence-corrected chi connectivity index (χ2v) is 9.06. The summed E-state index contributed by atoms with van der Waals surface area (Å²) in [7, 11) is 0. The number of halogens is 1. The van der Waals surface area contributed by atoms with Gasteiger partial charge < -0.3 is 17.7 Å². The molecule has 4 aromatic carbocycles. The third-order valence-electron chi connectivity index (χ3n) is 5.47. The van der Waals surface area contributed by atoms with Crippen LogP contribution in [0, 0.1) is 0 Å². The Morgan fingerprint density at radius 1 is 0.703 bits per heavy atom. The van der Waals surface area contributed by atoms with Gasteiger partial charge in [0.1, 0.15) is 0 Å². The maximum Gasteiger partial charge on any atom is 0.297 e. The Morgan fingerprint density at radius 2 is 1.30 bits per heavy atom. The molecule has 0 saturated heterocycles. The minimum absolute atomic E-state index is 0. The van der Waals surface area contributed by atoms with Crippen LogP contribution in [0.25, 0.3) is 23.9 Å². The maximum atomic E-state index is 12.5. The van der Waals surface area contributed by atoms with E-state index in [2.05, 4.69) is 5.32 Å². The molecular weight excluding hydrogens is 498 g/mol. The lowest BCUT2D eigenvalue weighted by molar-refractivity contribution is -0.654. The van der Waals surface area contributed by atoms with Crippen LogP contribution in [-0.4, -0.2) is 10.9 Å². The van der Waals surface area contributed by atoms with Gasteiger partial charge in [0.25, 0.3) is 10.1 Å². The molecule has 182 valence electrons. The van der Waals surface area contributed by atoms with Gasteiger partial charge in [-0.1, -0.05) is 97.1 Å². The van der Waals surface area contributed by atoms with E-state index in [0.717, 1.165) is 32.6 Å². The van der Waals surface area contributed by atoms with Crippen molar-refractivity contribution >= 4 is 46.2 Å². The average molecular weight is 522 g/mol. The molecule has 1 aromatic heterocycles.